The molecule has 4 heteroatoms. The van der Waals surface area contributed by atoms with Gasteiger partial charge in [0, 0.05) is 15.9 Å². The molecule has 2 aromatic carbocycles. The van der Waals surface area contributed by atoms with E-state index in [1.807, 2.05) is 11.8 Å². The molecule has 1 aliphatic rings. The van der Waals surface area contributed by atoms with Crippen LogP contribution in [0.1, 0.15) is 20.3 Å². The van der Waals surface area contributed by atoms with Crippen molar-refractivity contribution < 1.29 is 0 Å². The van der Waals surface area contributed by atoms with Gasteiger partial charge < -0.3 is 5.32 Å². The summed E-state index contributed by atoms with van der Waals surface area (Å²) in [5.74, 6) is 1.80. The molecule has 0 bridgehead atoms. The highest BCUT2D eigenvalue weighted by molar-refractivity contribution is 9.10. The molecule has 110 valence electrons. The Labute approximate surface area is 138 Å². The van der Waals surface area contributed by atoms with Crippen LogP contribution in [0.5, 0.6) is 0 Å². The monoisotopic (exact) mass is 362 g/mol. The fourth-order valence-electron chi connectivity index (χ4n) is 2.57. The third-order valence-corrected chi connectivity index (χ3v) is 5.03. The lowest BCUT2D eigenvalue weighted by Gasteiger charge is -2.08. The maximum Gasteiger partial charge on any atom is 0.161 e. The van der Waals surface area contributed by atoms with Crippen molar-refractivity contribution in [2.45, 2.75) is 26.3 Å². The molecule has 1 unspecified atom stereocenters. The van der Waals surface area contributed by atoms with Crippen LogP contribution in [0.3, 0.4) is 0 Å². The van der Waals surface area contributed by atoms with Gasteiger partial charge in [0.15, 0.2) is 5.17 Å². The Morgan fingerprint density at radius 2 is 2.00 bits per heavy atom. The topological polar surface area (TPSA) is 24.4 Å². The van der Waals surface area contributed by atoms with E-state index in [2.05, 4.69) is 71.5 Å². The van der Waals surface area contributed by atoms with Gasteiger partial charge in [0.25, 0.3) is 0 Å². The van der Waals surface area contributed by atoms with E-state index in [1.54, 1.807) is 0 Å². The van der Waals surface area contributed by atoms with E-state index in [0.717, 1.165) is 21.1 Å². The smallest absolute Gasteiger partial charge is 0.161 e. The van der Waals surface area contributed by atoms with Gasteiger partial charge in [-0.3, -0.25) is 4.99 Å². The van der Waals surface area contributed by atoms with Gasteiger partial charge in [0.2, 0.25) is 0 Å². The minimum atomic E-state index is 0.467. The molecular formula is C17H19BrN2S. The molecule has 1 heterocycles. The molecule has 0 saturated carbocycles. The number of rotatable bonds is 3. The third kappa shape index (κ3) is 3.80. The van der Waals surface area contributed by atoms with Gasteiger partial charge in [-0.15, -0.1) is 0 Å². The van der Waals surface area contributed by atoms with Crippen molar-refractivity contribution in [3.8, 4) is 0 Å². The van der Waals surface area contributed by atoms with Gasteiger partial charge in [0.1, 0.15) is 0 Å². The van der Waals surface area contributed by atoms with Crippen LogP contribution in [-0.4, -0.2) is 17.0 Å². The molecule has 21 heavy (non-hydrogen) atoms. The molecule has 0 fully saturated rings. The molecule has 0 spiro atoms. The molecule has 3 rings (SSSR count). The number of halogens is 1. The second-order valence-electron chi connectivity index (χ2n) is 5.86. The van der Waals surface area contributed by atoms with Gasteiger partial charge in [-0.05, 0) is 47.4 Å². The number of thioether (sulfide) groups is 1. The zero-order valence-electron chi connectivity index (χ0n) is 12.3. The van der Waals surface area contributed by atoms with Crippen LogP contribution in [0.15, 0.2) is 45.9 Å². The van der Waals surface area contributed by atoms with Crippen LogP contribution in [0.4, 0.5) is 5.69 Å². The van der Waals surface area contributed by atoms with Gasteiger partial charge >= 0.3 is 0 Å². The fraction of sp³-hybridized carbons (Fsp3) is 0.353. The van der Waals surface area contributed by atoms with Crippen molar-refractivity contribution in [3.05, 3.63) is 40.9 Å². The standard InChI is InChI=1S/C17H19BrN2S/c1-11(2)7-16-10-21-17(20-16)19-15-6-4-12-8-14(18)5-3-13(12)9-15/h3-6,8-9,11,16H,7,10H2,1-2H3,(H,19,20). The fourth-order valence-corrected chi connectivity index (χ4v) is 3.92. The molecule has 2 nitrogen and oxygen atoms in total. The summed E-state index contributed by atoms with van der Waals surface area (Å²) in [6.07, 6.45) is 1.17. The van der Waals surface area contributed by atoms with E-state index in [9.17, 15) is 0 Å². The Morgan fingerprint density at radius 1 is 1.24 bits per heavy atom. The number of benzene rings is 2. The van der Waals surface area contributed by atoms with Crippen LogP contribution in [-0.2, 0) is 0 Å². The highest BCUT2D eigenvalue weighted by Crippen LogP contribution is 2.26. The minimum absolute atomic E-state index is 0.467. The molecule has 1 atom stereocenters. The second-order valence-corrected chi connectivity index (χ2v) is 7.78. The maximum absolute atomic E-state index is 4.78. The number of nitrogens with zero attached hydrogens (tertiary/aromatic N) is 1. The van der Waals surface area contributed by atoms with E-state index < -0.39 is 0 Å². The van der Waals surface area contributed by atoms with Crippen LogP contribution in [0.25, 0.3) is 10.8 Å². The Bertz CT molecular complexity index is 682. The van der Waals surface area contributed by atoms with Crippen molar-refractivity contribution in [3.63, 3.8) is 0 Å². The predicted octanol–water partition coefficient (Wildman–Crippen LogP) is 5.53. The molecular weight excluding hydrogens is 344 g/mol. The molecule has 0 aliphatic carbocycles. The highest BCUT2D eigenvalue weighted by Gasteiger charge is 2.19. The number of amidine groups is 1. The Morgan fingerprint density at radius 3 is 2.81 bits per heavy atom. The number of anilines is 1. The Balaban J connectivity index is 1.75. The van der Waals surface area contributed by atoms with E-state index in [0.29, 0.717) is 12.0 Å². The summed E-state index contributed by atoms with van der Waals surface area (Å²) < 4.78 is 1.11. The third-order valence-electron chi connectivity index (χ3n) is 3.51. The van der Waals surface area contributed by atoms with Crippen LogP contribution in [0, 0.1) is 5.92 Å². The van der Waals surface area contributed by atoms with E-state index in [-0.39, 0.29) is 0 Å². The van der Waals surface area contributed by atoms with Gasteiger partial charge in [-0.2, -0.15) is 0 Å². The molecule has 0 saturated heterocycles. The average Bonchev–Trinajstić information content (AvgIpc) is 2.85. The normalized spacial score (nSPS) is 18.3. The van der Waals surface area contributed by atoms with Crippen LogP contribution < -0.4 is 5.32 Å². The number of hydrogen-bond donors (Lipinski definition) is 1. The first kappa shape index (κ1) is 14.9. The highest BCUT2D eigenvalue weighted by atomic mass is 79.9. The molecule has 0 amide bonds. The van der Waals surface area contributed by atoms with E-state index in [1.165, 1.54) is 17.2 Å². The van der Waals surface area contributed by atoms with Crippen molar-refractivity contribution in [2.24, 2.45) is 10.9 Å². The lowest BCUT2D eigenvalue weighted by atomic mass is 10.1. The van der Waals surface area contributed by atoms with E-state index in [4.69, 9.17) is 4.99 Å². The summed E-state index contributed by atoms with van der Waals surface area (Å²) in [6.45, 7) is 4.51. The number of fused-ring (bicyclic) bond motifs is 1. The summed E-state index contributed by atoms with van der Waals surface area (Å²) in [5, 5.41) is 6.99. The average molecular weight is 363 g/mol. The molecule has 0 aromatic heterocycles. The molecule has 1 aliphatic heterocycles. The maximum atomic E-state index is 4.78. The SMILES string of the molecule is CC(C)CC1CSC(Nc2ccc3cc(Br)ccc3c2)=N1. The zero-order valence-corrected chi connectivity index (χ0v) is 14.7. The minimum Gasteiger partial charge on any atom is -0.335 e. The first-order chi connectivity index (χ1) is 10.1. The Kier molecular flexibility index (Phi) is 4.55. The molecule has 2 aromatic rings. The summed E-state index contributed by atoms with van der Waals surface area (Å²) in [7, 11) is 0. The predicted molar refractivity (Wildman–Crippen MR) is 98.4 cm³/mol. The second kappa shape index (κ2) is 6.41. The lowest BCUT2D eigenvalue weighted by molar-refractivity contribution is 0.529. The largest absolute Gasteiger partial charge is 0.335 e. The summed E-state index contributed by atoms with van der Waals surface area (Å²) in [5.41, 5.74) is 1.11. The van der Waals surface area contributed by atoms with Gasteiger partial charge in [-0.25, -0.2) is 0 Å². The number of hydrogen-bond acceptors (Lipinski definition) is 3. The van der Waals surface area contributed by atoms with Crippen molar-refractivity contribution in [1.29, 1.82) is 0 Å². The van der Waals surface area contributed by atoms with E-state index >= 15 is 0 Å². The molecule has 1 N–H and O–H groups in total. The number of aliphatic imine (C=N–C) groups is 1. The summed E-state index contributed by atoms with van der Waals surface area (Å²) >= 11 is 5.34. The van der Waals surface area contributed by atoms with Crippen LogP contribution in [0.2, 0.25) is 0 Å². The molecule has 0 radical (unpaired) electrons. The first-order valence-corrected chi connectivity index (χ1v) is 9.05. The zero-order chi connectivity index (χ0) is 14.8. The first-order valence-electron chi connectivity index (χ1n) is 7.27. The van der Waals surface area contributed by atoms with Gasteiger partial charge in [-0.1, -0.05) is 53.7 Å². The summed E-state index contributed by atoms with van der Waals surface area (Å²) in [4.78, 5) is 4.78. The van der Waals surface area contributed by atoms with Crippen LogP contribution >= 0.6 is 27.7 Å². The van der Waals surface area contributed by atoms with Gasteiger partial charge in [0.05, 0.1) is 6.04 Å². The van der Waals surface area contributed by atoms with Crippen molar-refractivity contribution >= 4 is 49.3 Å². The quantitative estimate of drug-likeness (QED) is 0.775. The summed E-state index contributed by atoms with van der Waals surface area (Å²) in [6, 6.07) is 13.3. The Hall–Kier alpha value is -1.00. The lowest BCUT2D eigenvalue weighted by Crippen LogP contribution is -2.08. The van der Waals surface area contributed by atoms with Crippen molar-refractivity contribution in [2.75, 3.05) is 11.1 Å². The van der Waals surface area contributed by atoms with Crippen molar-refractivity contribution in [1.82, 2.24) is 0 Å². The number of nitrogens with one attached hydrogen (secondary N) is 1.